The van der Waals surface area contributed by atoms with Crippen molar-refractivity contribution in [1.29, 1.82) is 0 Å². The molecule has 1 atom stereocenters. The van der Waals surface area contributed by atoms with Gasteiger partial charge in [0.05, 0.1) is 0 Å². The van der Waals surface area contributed by atoms with Crippen LogP contribution in [0.1, 0.15) is 12.5 Å². The van der Waals surface area contributed by atoms with Gasteiger partial charge in [0.1, 0.15) is 6.04 Å². The number of aromatic amines is 1. The van der Waals surface area contributed by atoms with Gasteiger partial charge in [0.25, 0.3) is 0 Å². The lowest BCUT2D eigenvalue weighted by molar-refractivity contribution is -0.125. The predicted molar refractivity (Wildman–Crippen MR) is 134 cm³/mol. The topological polar surface area (TPSA) is 115 Å². The number of amides is 4. The van der Waals surface area contributed by atoms with Crippen LogP contribution in [0.5, 0.6) is 0 Å². The van der Waals surface area contributed by atoms with E-state index in [1.54, 1.807) is 36.4 Å². The monoisotopic (exact) mass is 455 g/mol. The fourth-order valence-electron chi connectivity index (χ4n) is 3.66. The fourth-order valence-corrected chi connectivity index (χ4v) is 3.66. The van der Waals surface area contributed by atoms with Gasteiger partial charge in [-0.15, -0.1) is 0 Å². The number of H-pyrrole nitrogens is 1. The summed E-state index contributed by atoms with van der Waals surface area (Å²) in [5, 5.41) is 12.1. The zero-order valence-corrected chi connectivity index (χ0v) is 18.6. The number of hydrogen-bond donors (Lipinski definition) is 5. The molecule has 0 aliphatic rings. The minimum atomic E-state index is -0.744. The third-order valence-corrected chi connectivity index (χ3v) is 5.23. The van der Waals surface area contributed by atoms with Crippen molar-refractivity contribution >= 4 is 45.8 Å². The number of fused-ring (bicyclic) bond motifs is 1. The van der Waals surface area contributed by atoms with Crippen molar-refractivity contribution in [2.75, 3.05) is 16.0 Å². The number of anilines is 3. The van der Waals surface area contributed by atoms with E-state index >= 15 is 0 Å². The van der Waals surface area contributed by atoms with Gasteiger partial charge in [-0.05, 0) is 48.0 Å². The molecule has 8 heteroatoms. The second-order valence-corrected chi connectivity index (χ2v) is 7.83. The van der Waals surface area contributed by atoms with E-state index < -0.39 is 6.04 Å². The third-order valence-electron chi connectivity index (χ3n) is 5.23. The molecule has 172 valence electrons. The Morgan fingerprint density at radius 3 is 2.03 bits per heavy atom. The third kappa shape index (κ3) is 5.80. The molecule has 1 heterocycles. The Hall–Kier alpha value is -4.59. The summed E-state index contributed by atoms with van der Waals surface area (Å²) in [6.07, 6.45) is 2.20. The first-order valence-corrected chi connectivity index (χ1v) is 10.8. The lowest BCUT2D eigenvalue weighted by Gasteiger charge is -2.18. The fraction of sp³-hybridized carbons (Fsp3) is 0.115. The summed E-state index contributed by atoms with van der Waals surface area (Å²) in [4.78, 5) is 40.0. The summed E-state index contributed by atoms with van der Waals surface area (Å²) in [5.41, 5.74) is 3.72. The highest BCUT2D eigenvalue weighted by molar-refractivity contribution is 6.00. The van der Waals surface area contributed by atoms with Crippen LogP contribution in [0.25, 0.3) is 10.9 Å². The average Bonchev–Trinajstić information content (AvgIpc) is 3.23. The average molecular weight is 456 g/mol. The standard InChI is InChI=1S/C26H25N5O3/c1-17(32)28-24(15-18-16-27-23-10-6-5-9-22(18)23)25(33)29-20-11-13-21(14-12-20)31-26(34)30-19-7-3-2-4-8-19/h2-14,16,24,27H,15H2,1H3,(H,28,32)(H,29,33)(H2,30,31,34)/t24-/m0/s1. The molecule has 1 aromatic heterocycles. The molecular weight excluding hydrogens is 430 g/mol. The molecule has 34 heavy (non-hydrogen) atoms. The number of carbonyl (C=O) groups is 3. The normalized spacial score (nSPS) is 11.4. The Morgan fingerprint density at radius 1 is 0.765 bits per heavy atom. The van der Waals surface area contributed by atoms with Gasteiger partial charge < -0.3 is 26.3 Å². The van der Waals surface area contributed by atoms with E-state index in [0.29, 0.717) is 23.5 Å². The molecular formula is C26H25N5O3. The zero-order chi connectivity index (χ0) is 23.9. The number of carbonyl (C=O) groups excluding carboxylic acids is 3. The largest absolute Gasteiger partial charge is 0.361 e. The van der Waals surface area contributed by atoms with Gasteiger partial charge in [0.15, 0.2) is 0 Å². The molecule has 3 aromatic carbocycles. The maximum atomic E-state index is 13.0. The van der Waals surface area contributed by atoms with Gasteiger partial charge in [-0.3, -0.25) is 9.59 Å². The van der Waals surface area contributed by atoms with Crippen LogP contribution in [-0.2, 0) is 16.0 Å². The van der Waals surface area contributed by atoms with Gasteiger partial charge in [-0.2, -0.15) is 0 Å². The van der Waals surface area contributed by atoms with E-state index in [2.05, 4.69) is 26.3 Å². The van der Waals surface area contributed by atoms with E-state index in [4.69, 9.17) is 0 Å². The lowest BCUT2D eigenvalue weighted by atomic mass is 10.0. The molecule has 8 nitrogen and oxygen atoms in total. The zero-order valence-electron chi connectivity index (χ0n) is 18.6. The van der Waals surface area contributed by atoms with E-state index in [1.165, 1.54) is 6.92 Å². The van der Waals surface area contributed by atoms with Gasteiger partial charge in [-0.1, -0.05) is 36.4 Å². The van der Waals surface area contributed by atoms with Gasteiger partial charge >= 0.3 is 6.03 Å². The predicted octanol–water partition coefficient (Wildman–Crippen LogP) is 4.50. The van der Waals surface area contributed by atoms with Crippen LogP contribution < -0.4 is 21.3 Å². The number of hydrogen-bond acceptors (Lipinski definition) is 3. The highest BCUT2D eigenvalue weighted by Crippen LogP contribution is 2.20. The Labute approximate surface area is 196 Å². The molecule has 0 unspecified atom stereocenters. The summed E-state index contributed by atoms with van der Waals surface area (Å²) < 4.78 is 0. The molecule has 0 radical (unpaired) electrons. The summed E-state index contributed by atoms with van der Waals surface area (Å²) in [5.74, 6) is -0.619. The van der Waals surface area contributed by atoms with Gasteiger partial charge in [-0.25, -0.2) is 4.79 Å². The molecule has 5 N–H and O–H groups in total. The maximum Gasteiger partial charge on any atom is 0.323 e. The minimum Gasteiger partial charge on any atom is -0.361 e. The first kappa shape index (κ1) is 22.6. The van der Waals surface area contributed by atoms with Crippen LogP contribution in [-0.4, -0.2) is 28.9 Å². The first-order valence-electron chi connectivity index (χ1n) is 10.8. The Bertz CT molecular complexity index is 1300. The number of para-hydroxylation sites is 2. The molecule has 4 amide bonds. The Morgan fingerprint density at radius 2 is 1.35 bits per heavy atom. The molecule has 0 aliphatic heterocycles. The minimum absolute atomic E-state index is 0.288. The van der Waals surface area contributed by atoms with Crippen molar-refractivity contribution in [3.8, 4) is 0 Å². The SMILES string of the molecule is CC(=O)N[C@@H](Cc1c[nH]c2ccccc12)C(=O)Nc1ccc(NC(=O)Nc2ccccc2)cc1. The smallest absolute Gasteiger partial charge is 0.323 e. The van der Waals surface area contributed by atoms with Crippen LogP contribution in [0.15, 0.2) is 85.1 Å². The maximum absolute atomic E-state index is 13.0. The number of nitrogens with one attached hydrogen (secondary N) is 5. The van der Waals surface area contributed by atoms with Gasteiger partial charge in [0, 0.05) is 47.5 Å². The van der Waals surface area contributed by atoms with E-state index in [1.807, 2.05) is 48.7 Å². The van der Waals surface area contributed by atoms with Gasteiger partial charge in [0.2, 0.25) is 11.8 Å². The van der Waals surface area contributed by atoms with Crippen LogP contribution in [0.4, 0.5) is 21.9 Å². The molecule has 0 saturated carbocycles. The number of urea groups is 1. The summed E-state index contributed by atoms with van der Waals surface area (Å²) >= 11 is 0. The molecule has 0 bridgehead atoms. The molecule has 4 aromatic rings. The van der Waals surface area contributed by atoms with Crippen molar-refractivity contribution in [1.82, 2.24) is 10.3 Å². The Kier molecular flexibility index (Phi) is 6.88. The van der Waals surface area contributed by atoms with E-state index in [9.17, 15) is 14.4 Å². The lowest BCUT2D eigenvalue weighted by Crippen LogP contribution is -2.44. The summed E-state index contributed by atoms with van der Waals surface area (Å²) in [6, 6.07) is 22.6. The van der Waals surface area contributed by atoms with Crippen molar-refractivity contribution < 1.29 is 14.4 Å². The van der Waals surface area contributed by atoms with Crippen molar-refractivity contribution in [2.24, 2.45) is 0 Å². The number of aromatic nitrogens is 1. The first-order chi connectivity index (χ1) is 16.5. The second kappa shape index (κ2) is 10.4. The molecule has 4 rings (SSSR count). The summed E-state index contributed by atoms with van der Waals surface area (Å²) in [7, 11) is 0. The van der Waals surface area contributed by atoms with E-state index in [-0.39, 0.29) is 17.8 Å². The molecule has 0 aliphatic carbocycles. The van der Waals surface area contributed by atoms with Crippen molar-refractivity contribution in [2.45, 2.75) is 19.4 Å². The van der Waals surface area contributed by atoms with Crippen LogP contribution in [0.2, 0.25) is 0 Å². The second-order valence-electron chi connectivity index (χ2n) is 7.83. The quantitative estimate of drug-likeness (QED) is 0.283. The van der Waals surface area contributed by atoms with Crippen LogP contribution in [0.3, 0.4) is 0 Å². The number of benzene rings is 3. The molecule has 0 saturated heterocycles. The Balaban J connectivity index is 1.39. The van der Waals surface area contributed by atoms with Crippen LogP contribution >= 0.6 is 0 Å². The number of rotatable bonds is 7. The highest BCUT2D eigenvalue weighted by Gasteiger charge is 2.21. The van der Waals surface area contributed by atoms with Crippen LogP contribution in [0, 0.1) is 0 Å². The highest BCUT2D eigenvalue weighted by atomic mass is 16.2. The van der Waals surface area contributed by atoms with Crippen molar-refractivity contribution in [3.63, 3.8) is 0 Å². The summed E-state index contributed by atoms with van der Waals surface area (Å²) in [6.45, 7) is 1.39. The van der Waals surface area contributed by atoms with Crippen molar-refractivity contribution in [3.05, 3.63) is 90.6 Å². The van der Waals surface area contributed by atoms with E-state index in [0.717, 1.165) is 16.5 Å². The molecule has 0 spiro atoms. The molecule has 0 fully saturated rings.